The van der Waals surface area contributed by atoms with Crippen LogP contribution in [0, 0.1) is 5.82 Å². The fourth-order valence-corrected chi connectivity index (χ4v) is 1.18. The number of cyclic esters (lactones) is 1. The first-order chi connectivity index (χ1) is 6.75. The van der Waals surface area contributed by atoms with Crippen molar-refractivity contribution in [2.24, 2.45) is 0 Å². The van der Waals surface area contributed by atoms with Crippen molar-refractivity contribution in [3.63, 3.8) is 0 Å². The minimum Gasteiger partial charge on any atom is -0.446 e. The van der Waals surface area contributed by atoms with Crippen LogP contribution in [-0.2, 0) is 4.74 Å². The lowest BCUT2D eigenvalue weighted by molar-refractivity contribution is 0.163. The summed E-state index contributed by atoms with van der Waals surface area (Å²) in [6.07, 6.45) is -0.408. The van der Waals surface area contributed by atoms with E-state index < -0.39 is 6.09 Å². The summed E-state index contributed by atoms with van der Waals surface area (Å²) in [6.45, 7) is 0.878. The van der Waals surface area contributed by atoms with Crippen molar-refractivity contribution >= 4 is 11.8 Å². The molecule has 5 heteroatoms. The van der Waals surface area contributed by atoms with Crippen molar-refractivity contribution in [3.8, 4) is 0 Å². The largest absolute Gasteiger partial charge is 0.446 e. The van der Waals surface area contributed by atoms with Crippen LogP contribution in [0.15, 0.2) is 24.3 Å². The number of hydrogen-bond acceptors (Lipinski definition) is 3. The van der Waals surface area contributed by atoms with Crippen molar-refractivity contribution in [2.75, 3.05) is 18.6 Å². The van der Waals surface area contributed by atoms with Crippen molar-refractivity contribution < 1.29 is 13.9 Å². The molecular formula is C9H9FN2O2. The summed E-state index contributed by atoms with van der Waals surface area (Å²) in [6, 6.07) is 5.76. The third-order valence-electron chi connectivity index (χ3n) is 1.87. The van der Waals surface area contributed by atoms with Gasteiger partial charge in [0.25, 0.3) is 0 Å². The third kappa shape index (κ3) is 1.76. The van der Waals surface area contributed by atoms with Gasteiger partial charge in [-0.3, -0.25) is 5.43 Å². The van der Waals surface area contributed by atoms with Gasteiger partial charge in [-0.1, -0.05) is 0 Å². The average molecular weight is 196 g/mol. The molecule has 0 spiro atoms. The molecule has 1 saturated heterocycles. The molecule has 0 radical (unpaired) electrons. The first-order valence-electron chi connectivity index (χ1n) is 4.22. The van der Waals surface area contributed by atoms with Crippen LogP contribution < -0.4 is 5.43 Å². The second-order valence-corrected chi connectivity index (χ2v) is 2.88. The molecule has 4 nitrogen and oxygen atoms in total. The van der Waals surface area contributed by atoms with Gasteiger partial charge in [-0.05, 0) is 24.3 Å². The Morgan fingerprint density at radius 2 is 2.07 bits per heavy atom. The fourth-order valence-electron chi connectivity index (χ4n) is 1.18. The van der Waals surface area contributed by atoms with E-state index in [0.29, 0.717) is 18.8 Å². The molecule has 0 aromatic heterocycles. The van der Waals surface area contributed by atoms with Crippen molar-refractivity contribution in [3.05, 3.63) is 30.1 Å². The summed E-state index contributed by atoms with van der Waals surface area (Å²) in [5.41, 5.74) is 3.47. The molecule has 1 aliphatic rings. The van der Waals surface area contributed by atoms with E-state index in [1.165, 1.54) is 17.1 Å². The number of carbonyl (C=O) groups is 1. The maximum atomic E-state index is 12.5. The molecule has 74 valence electrons. The number of hydrazine groups is 1. The minimum absolute atomic E-state index is 0.306. The number of rotatable bonds is 2. The molecule has 0 atom stereocenters. The number of hydrogen-bond donors (Lipinski definition) is 1. The monoisotopic (exact) mass is 196 g/mol. The van der Waals surface area contributed by atoms with Gasteiger partial charge in [0.1, 0.15) is 12.4 Å². The van der Waals surface area contributed by atoms with Crippen LogP contribution in [0.1, 0.15) is 0 Å². The van der Waals surface area contributed by atoms with Crippen molar-refractivity contribution in [1.82, 2.24) is 5.01 Å². The third-order valence-corrected chi connectivity index (χ3v) is 1.87. The second kappa shape index (κ2) is 3.53. The van der Waals surface area contributed by atoms with Crippen molar-refractivity contribution in [2.45, 2.75) is 0 Å². The van der Waals surface area contributed by atoms with Gasteiger partial charge in [-0.15, -0.1) is 0 Å². The Hall–Kier alpha value is -1.78. The quantitative estimate of drug-likeness (QED) is 0.781. The van der Waals surface area contributed by atoms with E-state index in [4.69, 9.17) is 4.74 Å². The molecule has 0 unspecified atom stereocenters. The van der Waals surface area contributed by atoms with Gasteiger partial charge in [0.05, 0.1) is 12.2 Å². The number of benzene rings is 1. The van der Waals surface area contributed by atoms with Crippen molar-refractivity contribution in [1.29, 1.82) is 0 Å². The normalized spacial score (nSPS) is 15.5. The Morgan fingerprint density at radius 3 is 2.64 bits per heavy atom. The fraction of sp³-hybridized carbons (Fsp3) is 0.222. The summed E-state index contributed by atoms with van der Waals surface area (Å²) in [5, 5.41) is 1.34. The Kier molecular flexibility index (Phi) is 2.22. The molecule has 1 N–H and O–H groups in total. The van der Waals surface area contributed by atoms with Crippen LogP contribution in [0.25, 0.3) is 0 Å². The summed E-state index contributed by atoms with van der Waals surface area (Å²) in [4.78, 5) is 11.0. The molecule has 1 amide bonds. The Morgan fingerprint density at radius 1 is 1.36 bits per heavy atom. The van der Waals surface area contributed by atoms with Gasteiger partial charge in [0.2, 0.25) is 0 Å². The maximum Gasteiger partial charge on any atom is 0.428 e. The number of ether oxygens (including phenoxy) is 1. The molecular weight excluding hydrogens is 187 g/mol. The van der Waals surface area contributed by atoms with Crippen LogP contribution in [0.2, 0.25) is 0 Å². The van der Waals surface area contributed by atoms with E-state index in [0.717, 1.165) is 0 Å². The molecule has 1 aliphatic heterocycles. The van der Waals surface area contributed by atoms with Gasteiger partial charge in [0, 0.05) is 0 Å². The second-order valence-electron chi connectivity index (χ2n) is 2.88. The maximum absolute atomic E-state index is 12.5. The number of carbonyl (C=O) groups excluding carboxylic acids is 1. The molecule has 0 bridgehead atoms. The zero-order valence-corrected chi connectivity index (χ0v) is 7.37. The number of halogens is 1. The number of amides is 1. The van der Waals surface area contributed by atoms with Gasteiger partial charge in [0.15, 0.2) is 0 Å². The van der Waals surface area contributed by atoms with E-state index in [1.807, 2.05) is 0 Å². The van der Waals surface area contributed by atoms with E-state index in [1.54, 1.807) is 12.1 Å². The predicted octanol–water partition coefficient (Wildman–Crippen LogP) is 1.60. The van der Waals surface area contributed by atoms with Gasteiger partial charge in [-0.25, -0.2) is 14.2 Å². The molecule has 14 heavy (non-hydrogen) atoms. The lowest BCUT2D eigenvalue weighted by Gasteiger charge is -2.14. The SMILES string of the molecule is O=C1OCCN1Nc1ccc(F)cc1. The average Bonchev–Trinajstić information content (AvgIpc) is 2.56. The molecule has 0 saturated carbocycles. The van der Waals surface area contributed by atoms with Crippen LogP contribution >= 0.6 is 0 Å². The summed E-state index contributed by atoms with van der Waals surface area (Å²) in [5.74, 6) is -0.306. The Bertz CT molecular complexity index is 339. The first kappa shape index (κ1) is 8.80. The van der Waals surface area contributed by atoms with Crippen LogP contribution in [-0.4, -0.2) is 24.3 Å². The lowest BCUT2D eigenvalue weighted by atomic mass is 10.3. The highest BCUT2D eigenvalue weighted by atomic mass is 19.1. The molecule has 1 fully saturated rings. The van der Waals surface area contributed by atoms with Crippen LogP contribution in [0.4, 0.5) is 14.9 Å². The number of anilines is 1. The predicted molar refractivity (Wildman–Crippen MR) is 48.1 cm³/mol. The zero-order valence-electron chi connectivity index (χ0n) is 7.37. The lowest BCUT2D eigenvalue weighted by Crippen LogP contribution is -2.30. The molecule has 2 rings (SSSR count). The van der Waals surface area contributed by atoms with Gasteiger partial charge in [-0.2, -0.15) is 0 Å². The van der Waals surface area contributed by atoms with Gasteiger partial charge < -0.3 is 4.74 Å². The minimum atomic E-state index is -0.408. The molecule has 0 aliphatic carbocycles. The molecule has 1 heterocycles. The van der Waals surface area contributed by atoms with Crippen LogP contribution in [0.3, 0.4) is 0 Å². The summed E-state index contributed by atoms with van der Waals surface area (Å²) in [7, 11) is 0. The highest BCUT2D eigenvalue weighted by molar-refractivity contribution is 5.71. The van der Waals surface area contributed by atoms with E-state index in [-0.39, 0.29) is 5.82 Å². The number of nitrogens with zero attached hydrogens (tertiary/aromatic N) is 1. The highest BCUT2D eigenvalue weighted by Gasteiger charge is 2.21. The van der Waals surface area contributed by atoms with Crippen LogP contribution in [0.5, 0.6) is 0 Å². The topological polar surface area (TPSA) is 41.6 Å². The first-order valence-corrected chi connectivity index (χ1v) is 4.22. The summed E-state index contributed by atoms with van der Waals surface area (Å²) >= 11 is 0. The number of nitrogens with one attached hydrogen (secondary N) is 1. The highest BCUT2D eigenvalue weighted by Crippen LogP contribution is 2.11. The van der Waals surface area contributed by atoms with E-state index in [9.17, 15) is 9.18 Å². The van der Waals surface area contributed by atoms with Gasteiger partial charge >= 0.3 is 6.09 Å². The van der Waals surface area contributed by atoms with E-state index >= 15 is 0 Å². The zero-order chi connectivity index (χ0) is 9.97. The molecule has 1 aromatic rings. The Labute approximate surface area is 80.2 Å². The summed E-state index contributed by atoms with van der Waals surface area (Å²) < 4.78 is 17.3. The smallest absolute Gasteiger partial charge is 0.428 e. The molecule has 1 aromatic carbocycles. The standard InChI is InChI=1S/C9H9FN2O2/c10-7-1-3-8(4-2-7)11-12-5-6-14-9(12)13/h1-4,11H,5-6H2. The van der Waals surface area contributed by atoms with E-state index in [2.05, 4.69) is 5.43 Å². The Balaban J connectivity index is 2.03.